The molecule has 0 radical (unpaired) electrons. The summed E-state index contributed by atoms with van der Waals surface area (Å²) in [5, 5.41) is 11.6. The number of aryl methyl sites for hydroxylation is 3. The molecule has 2 heterocycles. The van der Waals surface area contributed by atoms with Crippen LogP contribution in [0.2, 0.25) is 0 Å². The number of esters is 1. The highest BCUT2D eigenvalue weighted by atomic mass is 16.5. The first-order chi connectivity index (χ1) is 12.4. The van der Waals surface area contributed by atoms with Crippen molar-refractivity contribution in [2.45, 2.75) is 27.2 Å². The van der Waals surface area contributed by atoms with Gasteiger partial charge >= 0.3 is 5.97 Å². The van der Waals surface area contributed by atoms with Crippen molar-refractivity contribution in [3.63, 3.8) is 0 Å². The molecule has 0 fully saturated rings. The molecular formula is C18H20N4O4. The van der Waals surface area contributed by atoms with Crippen molar-refractivity contribution < 1.29 is 18.8 Å². The minimum atomic E-state index is -0.533. The van der Waals surface area contributed by atoms with Gasteiger partial charge in [0, 0.05) is 12.4 Å². The molecule has 0 aliphatic heterocycles. The second kappa shape index (κ2) is 6.99. The molecule has 2 aromatic heterocycles. The molecule has 1 amide bonds. The van der Waals surface area contributed by atoms with Crippen molar-refractivity contribution in [2.24, 2.45) is 7.05 Å². The fourth-order valence-corrected chi connectivity index (χ4v) is 2.84. The monoisotopic (exact) mass is 356 g/mol. The topological polar surface area (TPSA) is 99.2 Å². The molecular weight excluding hydrogens is 336 g/mol. The van der Waals surface area contributed by atoms with Gasteiger partial charge in [-0.05, 0) is 38.0 Å². The van der Waals surface area contributed by atoms with Gasteiger partial charge in [-0.2, -0.15) is 5.10 Å². The number of amides is 1. The predicted octanol–water partition coefficient (Wildman–Crippen LogP) is 2.54. The van der Waals surface area contributed by atoms with Gasteiger partial charge in [-0.25, -0.2) is 4.79 Å². The lowest BCUT2D eigenvalue weighted by Crippen LogP contribution is -2.19. The molecule has 3 aromatic rings. The van der Waals surface area contributed by atoms with Gasteiger partial charge in [0.2, 0.25) is 5.91 Å². The van der Waals surface area contributed by atoms with Gasteiger partial charge in [0.15, 0.2) is 5.58 Å². The van der Waals surface area contributed by atoms with Gasteiger partial charge in [0.05, 0.1) is 19.2 Å². The molecule has 0 saturated heterocycles. The number of rotatable bonds is 5. The maximum atomic E-state index is 12.5. The fourth-order valence-electron chi connectivity index (χ4n) is 2.84. The van der Waals surface area contributed by atoms with Crippen molar-refractivity contribution in [3.05, 3.63) is 40.7 Å². The highest BCUT2D eigenvalue weighted by molar-refractivity contribution is 6.01. The molecule has 0 spiro atoms. The van der Waals surface area contributed by atoms with Gasteiger partial charge < -0.3 is 14.6 Å². The third-order valence-electron chi connectivity index (χ3n) is 4.00. The van der Waals surface area contributed by atoms with Gasteiger partial charge in [-0.3, -0.25) is 9.48 Å². The summed E-state index contributed by atoms with van der Waals surface area (Å²) < 4.78 is 11.8. The number of hydrogen-bond acceptors (Lipinski definition) is 6. The van der Waals surface area contributed by atoms with Crippen molar-refractivity contribution >= 4 is 28.7 Å². The largest absolute Gasteiger partial charge is 0.462 e. The molecule has 3 rings (SSSR count). The third kappa shape index (κ3) is 3.30. The Morgan fingerprint density at radius 2 is 2.08 bits per heavy atom. The molecule has 0 aliphatic carbocycles. The van der Waals surface area contributed by atoms with Crippen LogP contribution in [0.4, 0.5) is 5.82 Å². The van der Waals surface area contributed by atoms with Crippen LogP contribution in [0.15, 0.2) is 22.9 Å². The van der Waals surface area contributed by atoms with Crippen molar-refractivity contribution in [2.75, 3.05) is 11.9 Å². The summed E-state index contributed by atoms with van der Waals surface area (Å²) in [6, 6.07) is 3.94. The zero-order valence-electron chi connectivity index (χ0n) is 15.1. The Hall–Kier alpha value is -3.16. The number of carbonyl (C=O) groups excluding carboxylic acids is 2. The van der Waals surface area contributed by atoms with Crippen LogP contribution in [0.25, 0.3) is 11.0 Å². The molecule has 1 aromatic carbocycles. The maximum Gasteiger partial charge on any atom is 0.343 e. The van der Waals surface area contributed by atoms with E-state index in [0.29, 0.717) is 11.3 Å². The van der Waals surface area contributed by atoms with Crippen LogP contribution < -0.4 is 5.32 Å². The van der Waals surface area contributed by atoms with Crippen molar-refractivity contribution in [1.82, 2.24) is 14.9 Å². The Kier molecular flexibility index (Phi) is 4.75. The third-order valence-corrected chi connectivity index (χ3v) is 4.00. The van der Waals surface area contributed by atoms with Gasteiger partial charge in [0.1, 0.15) is 17.1 Å². The number of hydrogen-bond donors (Lipinski definition) is 1. The van der Waals surface area contributed by atoms with Crippen LogP contribution in [-0.4, -0.2) is 33.4 Å². The molecule has 26 heavy (non-hydrogen) atoms. The van der Waals surface area contributed by atoms with E-state index in [4.69, 9.17) is 9.26 Å². The Bertz CT molecular complexity index is 987. The number of ether oxygens (including phenoxy) is 1. The van der Waals surface area contributed by atoms with E-state index in [2.05, 4.69) is 15.6 Å². The van der Waals surface area contributed by atoms with E-state index in [1.54, 1.807) is 14.0 Å². The standard InChI is InChI=1S/C18H20N4O4/c1-5-25-18(24)13-9-19-22(4)17(13)20-15(23)8-14-12-7-10(2)6-11(3)16(12)26-21-14/h6-7,9H,5,8H2,1-4H3,(H,20,23). The maximum absolute atomic E-state index is 12.5. The highest BCUT2D eigenvalue weighted by Gasteiger charge is 2.21. The Morgan fingerprint density at radius 3 is 2.81 bits per heavy atom. The molecule has 0 unspecified atom stereocenters. The van der Waals surface area contributed by atoms with Crippen LogP contribution in [0.1, 0.15) is 34.1 Å². The summed E-state index contributed by atoms with van der Waals surface area (Å²) in [6.07, 6.45) is 1.38. The average Bonchev–Trinajstić information content (AvgIpc) is 3.13. The van der Waals surface area contributed by atoms with Crippen molar-refractivity contribution in [3.8, 4) is 0 Å². The summed E-state index contributed by atoms with van der Waals surface area (Å²) >= 11 is 0. The van der Waals surface area contributed by atoms with Crippen LogP contribution in [0.3, 0.4) is 0 Å². The van der Waals surface area contributed by atoms with Gasteiger partial charge in [-0.1, -0.05) is 11.2 Å². The second-order valence-electron chi connectivity index (χ2n) is 6.06. The van der Waals surface area contributed by atoms with Gasteiger partial charge in [0.25, 0.3) is 0 Å². The second-order valence-corrected chi connectivity index (χ2v) is 6.06. The lowest BCUT2D eigenvalue weighted by atomic mass is 10.1. The molecule has 1 N–H and O–H groups in total. The van der Waals surface area contributed by atoms with Crippen LogP contribution in [-0.2, 0) is 23.0 Å². The minimum absolute atomic E-state index is 0.0172. The number of nitrogens with zero attached hydrogens (tertiary/aromatic N) is 3. The number of fused-ring (bicyclic) bond motifs is 1. The number of nitrogens with one attached hydrogen (secondary N) is 1. The van der Waals surface area contributed by atoms with Crippen LogP contribution in [0, 0.1) is 13.8 Å². The molecule has 8 heteroatoms. The molecule has 136 valence electrons. The Labute approximate surface area is 150 Å². The number of aromatic nitrogens is 3. The summed E-state index contributed by atoms with van der Waals surface area (Å²) in [4.78, 5) is 24.5. The van der Waals surface area contributed by atoms with E-state index in [0.717, 1.165) is 16.5 Å². The first kappa shape index (κ1) is 17.7. The predicted molar refractivity (Wildman–Crippen MR) is 95.0 cm³/mol. The van der Waals surface area contributed by atoms with Crippen LogP contribution >= 0.6 is 0 Å². The van der Waals surface area contributed by atoms with Crippen molar-refractivity contribution in [1.29, 1.82) is 0 Å². The van der Waals surface area contributed by atoms with E-state index >= 15 is 0 Å². The summed E-state index contributed by atoms with van der Waals surface area (Å²) in [5.74, 6) is -0.573. The quantitative estimate of drug-likeness (QED) is 0.705. The highest BCUT2D eigenvalue weighted by Crippen LogP contribution is 2.24. The molecule has 8 nitrogen and oxygen atoms in total. The smallest absolute Gasteiger partial charge is 0.343 e. The van der Waals surface area contributed by atoms with E-state index < -0.39 is 5.97 Å². The lowest BCUT2D eigenvalue weighted by molar-refractivity contribution is -0.115. The molecule has 0 aliphatic rings. The summed E-state index contributed by atoms with van der Waals surface area (Å²) in [7, 11) is 1.64. The first-order valence-electron chi connectivity index (χ1n) is 8.25. The zero-order chi connectivity index (χ0) is 18.8. The number of anilines is 1. The van der Waals surface area contributed by atoms with E-state index in [9.17, 15) is 9.59 Å². The lowest BCUT2D eigenvalue weighted by Gasteiger charge is -2.07. The Balaban J connectivity index is 1.83. The Morgan fingerprint density at radius 1 is 1.31 bits per heavy atom. The summed E-state index contributed by atoms with van der Waals surface area (Å²) in [5.41, 5.74) is 3.46. The van der Waals surface area contributed by atoms with E-state index in [-0.39, 0.29) is 30.3 Å². The van der Waals surface area contributed by atoms with Gasteiger partial charge in [-0.15, -0.1) is 0 Å². The first-order valence-corrected chi connectivity index (χ1v) is 8.25. The summed E-state index contributed by atoms with van der Waals surface area (Å²) in [6.45, 7) is 5.87. The molecule has 0 bridgehead atoms. The van der Waals surface area contributed by atoms with E-state index in [1.165, 1.54) is 10.9 Å². The molecule has 0 atom stereocenters. The van der Waals surface area contributed by atoms with Crippen LogP contribution in [0.5, 0.6) is 0 Å². The zero-order valence-corrected chi connectivity index (χ0v) is 15.1. The minimum Gasteiger partial charge on any atom is -0.462 e. The number of carbonyl (C=O) groups is 2. The average molecular weight is 356 g/mol. The number of benzene rings is 1. The fraction of sp³-hybridized carbons (Fsp3) is 0.333. The van der Waals surface area contributed by atoms with E-state index in [1.807, 2.05) is 26.0 Å². The normalized spacial score (nSPS) is 10.9. The molecule has 0 saturated carbocycles. The SMILES string of the molecule is CCOC(=O)c1cnn(C)c1NC(=O)Cc1noc2c(C)cc(C)cc12.